The van der Waals surface area contributed by atoms with Crippen LogP contribution in [0.15, 0.2) is 78.0 Å². The summed E-state index contributed by atoms with van der Waals surface area (Å²) >= 11 is 0. The van der Waals surface area contributed by atoms with Crippen LogP contribution in [-0.2, 0) is 4.79 Å². The number of methoxy groups -OCH3 is 3. The van der Waals surface area contributed by atoms with Crippen molar-refractivity contribution >= 4 is 5.78 Å². The van der Waals surface area contributed by atoms with Crippen LogP contribution in [0.5, 0.6) is 17.2 Å². The van der Waals surface area contributed by atoms with Gasteiger partial charge in [-0.1, -0.05) is 54.6 Å². The Morgan fingerprint density at radius 3 is 2.10 bits per heavy atom. The van der Waals surface area contributed by atoms with Gasteiger partial charge in [0.25, 0.3) is 0 Å². The number of hydrazine groups is 1. The SMILES string of the molecule is COc1cc([C@H]2CC(=O)C3=C(C2)NC2NNC(O)C2[C@@H]3c2ccc(-c3ccccc3)cc2)cc(OC)c1OC. The van der Waals surface area contributed by atoms with Crippen molar-refractivity contribution in [1.82, 2.24) is 16.2 Å². The van der Waals surface area contributed by atoms with Gasteiger partial charge < -0.3 is 24.6 Å². The van der Waals surface area contributed by atoms with Crippen LogP contribution < -0.4 is 30.4 Å². The third-order valence-electron chi connectivity index (χ3n) is 8.21. The lowest BCUT2D eigenvalue weighted by Crippen LogP contribution is -2.51. The third kappa shape index (κ3) is 4.44. The lowest BCUT2D eigenvalue weighted by Gasteiger charge is -2.42. The monoisotopic (exact) mass is 527 g/mol. The number of ether oxygens (including phenoxy) is 3. The highest BCUT2D eigenvalue weighted by atomic mass is 16.5. The van der Waals surface area contributed by atoms with E-state index >= 15 is 0 Å². The van der Waals surface area contributed by atoms with Crippen molar-refractivity contribution in [3.05, 3.63) is 89.1 Å². The minimum absolute atomic E-state index is 0.0607. The van der Waals surface area contributed by atoms with E-state index in [2.05, 4.69) is 52.6 Å². The molecule has 4 N–H and O–H groups in total. The van der Waals surface area contributed by atoms with Crippen LogP contribution in [0.4, 0.5) is 0 Å². The Labute approximate surface area is 227 Å². The van der Waals surface area contributed by atoms with E-state index in [1.165, 1.54) is 0 Å². The number of Topliss-reactive ketones (excluding diaryl/α,β-unsaturated/α-hetero) is 1. The molecular formula is C31H33N3O5. The lowest BCUT2D eigenvalue weighted by atomic mass is 9.68. The molecule has 6 rings (SSSR count). The first-order chi connectivity index (χ1) is 19.0. The quantitative estimate of drug-likeness (QED) is 0.384. The summed E-state index contributed by atoms with van der Waals surface area (Å²) in [6, 6.07) is 22.4. The van der Waals surface area contributed by atoms with Gasteiger partial charge in [0.15, 0.2) is 17.3 Å². The van der Waals surface area contributed by atoms with Crippen molar-refractivity contribution in [1.29, 1.82) is 0 Å². The number of fused-ring (bicyclic) bond motifs is 1. The molecule has 1 saturated heterocycles. The molecule has 3 aromatic carbocycles. The van der Waals surface area contributed by atoms with Crippen LogP contribution in [0.1, 0.15) is 35.8 Å². The van der Waals surface area contributed by atoms with E-state index in [9.17, 15) is 9.90 Å². The molecule has 3 aromatic rings. The zero-order chi connectivity index (χ0) is 27.1. The van der Waals surface area contributed by atoms with Crippen LogP contribution in [0.25, 0.3) is 11.1 Å². The number of aliphatic hydroxyl groups is 1. The first-order valence-electron chi connectivity index (χ1n) is 13.2. The predicted octanol–water partition coefficient (Wildman–Crippen LogP) is 3.84. The van der Waals surface area contributed by atoms with Crippen LogP contribution in [0.2, 0.25) is 0 Å². The molecule has 8 heteroatoms. The Balaban J connectivity index is 1.38. The van der Waals surface area contributed by atoms with E-state index in [0.717, 1.165) is 33.5 Å². The number of hydrogen-bond donors (Lipinski definition) is 4. The van der Waals surface area contributed by atoms with Crippen molar-refractivity contribution in [2.24, 2.45) is 5.92 Å². The van der Waals surface area contributed by atoms with Gasteiger partial charge in [-0.25, -0.2) is 10.9 Å². The summed E-state index contributed by atoms with van der Waals surface area (Å²) in [5.41, 5.74) is 12.0. The fourth-order valence-electron chi connectivity index (χ4n) is 6.34. The molecular weight excluding hydrogens is 494 g/mol. The molecule has 0 spiro atoms. The van der Waals surface area contributed by atoms with Gasteiger partial charge in [0.05, 0.1) is 27.5 Å². The normalized spacial score (nSPS) is 25.9. The predicted molar refractivity (Wildman–Crippen MR) is 147 cm³/mol. The molecule has 0 saturated carbocycles. The molecule has 39 heavy (non-hydrogen) atoms. The second kappa shape index (κ2) is 10.4. The number of carbonyl (C=O) groups is 1. The number of nitrogens with one attached hydrogen (secondary N) is 3. The van der Waals surface area contributed by atoms with Gasteiger partial charge in [0, 0.05) is 29.5 Å². The van der Waals surface area contributed by atoms with E-state index in [1.54, 1.807) is 21.3 Å². The second-order valence-electron chi connectivity index (χ2n) is 10.3. The molecule has 0 radical (unpaired) electrons. The van der Waals surface area contributed by atoms with Crippen molar-refractivity contribution in [2.75, 3.05) is 21.3 Å². The van der Waals surface area contributed by atoms with E-state index in [-0.39, 0.29) is 29.7 Å². The Bertz CT molecular complexity index is 1380. The number of benzene rings is 3. The molecule has 0 bridgehead atoms. The molecule has 3 aliphatic rings. The summed E-state index contributed by atoms with van der Waals surface area (Å²) in [6.07, 6.45) is -0.00852. The van der Waals surface area contributed by atoms with Crippen LogP contribution in [0, 0.1) is 5.92 Å². The zero-order valence-corrected chi connectivity index (χ0v) is 22.2. The Morgan fingerprint density at radius 1 is 0.795 bits per heavy atom. The first-order valence-corrected chi connectivity index (χ1v) is 13.2. The van der Waals surface area contributed by atoms with Crippen LogP contribution in [-0.4, -0.2) is 44.6 Å². The second-order valence-corrected chi connectivity index (χ2v) is 10.3. The number of allylic oxidation sites excluding steroid dienone is 2. The smallest absolute Gasteiger partial charge is 0.203 e. The van der Waals surface area contributed by atoms with E-state index < -0.39 is 6.23 Å². The highest BCUT2D eigenvalue weighted by molar-refractivity contribution is 5.99. The van der Waals surface area contributed by atoms with Crippen molar-refractivity contribution in [3.8, 4) is 28.4 Å². The average Bonchev–Trinajstić information content (AvgIpc) is 3.35. The molecule has 0 aromatic heterocycles. The molecule has 202 valence electrons. The van der Waals surface area contributed by atoms with Crippen LogP contribution >= 0.6 is 0 Å². The topological polar surface area (TPSA) is 101 Å². The van der Waals surface area contributed by atoms with Crippen molar-refractivity contribution in [3.63, 3.8) is 0 Å². The molecule has 1 aliphatic carbocycles. The first kappa shape index (κ1) is 25.4. The lowest BCUT2D eigenvalue weighted by molar-refractivity contribution is -0.117. The van der Waals surface area contributed by atoms with Gasteiger partial charge in [-0.2, -0.15) is 0 Å². The largest absolute Gasteiger partial charge is 0.493 e. The number of rotatable bonds is 6. The van der Waals surface area contributed by atoms with E-state index in [1.807, 2.05) is 30.3 Å². The Morgan fingerprint density at radius 2 is 1.46 bits per heavy atom. The van der Waals surface area contributed by atoms with Crippen molar-refractivity contribution < 1.29 is 24.1 Å². The maximum Gasteiger partial charge on any atom is 0.203 e. The zero-order valence-electron chi connectivity index (χ0n) is 22.2. The number of ketones is 1. The summed E-state index contributed by atoms with van der Waals surface area (Å²) < 4.78 is 16.6. The molecule has 1 fully saturated rings. The minimum atomic E-state index is -0.795. The van der Waals surface area contributed by atoms with Gasteiger partial charge in [-0.3, -0.25) is 4.79 Å². The molecule has 3 unspecified atom stereocenters. The average molecular weight is 528 g/mol. The third-order valence-corrected chi connectivity index (χ3v) is 8.21. The summed E-state index contributed by atoms with van der Waals surface area (Å²) in [4.78, 5) is 13.9. The van der Waals surface area contributed by atoms with E-state index in [0.29, 0.717) is 30.1 Å². The van der Waals surface area contributed by atoms with E-state index in [4.69, 9.17) is 14.2 Å². The molecule has 2 aliphatic heterocycles. The Kier molecular flexibility index (Phi) is 6.76. The summed E-state index contributed by atoms with van der Waals surface area (Å²) in [6.45, 7) is 0. The van der Waals surface area contributed by atoms with Crippen molar-refractivity contribution in [2.45, 2.75) is 37.1 Å². The van der Waals surface area contributed by atoms with Gasteiger partial charge in [0.2, 0.25) is 5.75 Å². The maximum absolute atomic E-state index is 13.9. The molecule has 0 amide bonds. The summed E-state index contributed by atoms with van der Waals surface area (Å²) in [7, 11) is 4.76. The maximum atomic E-state index is 13.9. The van der Waals surface area contributed by atoms with Gasteiger partial charge in [-0.05, 0) is 46.7 Å². The number of hydrogen-bond acceptors (Lipinski definition) is 8. The van der Waals surface area contributed by atoms with Crippen LogP contribution in [0.3, 0.4) is 0 Å². The molecule has 2 heterocycles. The van der Waals surface area contributed by atoms with Gasteiger partial charge in [0.1, 0.15) is 6.23 Å². The fourth-order valence-corrected chi connectivity index (χ4v) is 6.34. The number of carbonyl (C=O) groups excluding carboxylic acids is 1. The number of aliphatic hydroxyl groups excluding tert-OH is 1. The fraction of sp³-hybridized carbons (Fsp3) is 0.323. The Hall–Kier alpha value is -3.85. The standard InChI is InChI=1S/C31H33N3O5/c1-37-24-15-21(16-25(38-2)29(24)39-3)20-13-22-27(23(35)14-20)26(28-30(32-22)33-34-31(28)36)19-11-9-18(10-12-19)17-7-5-4-6-8-17/h4-12,15-16,20,26,28,30-34,36H,13-14H2,1-3H3/t20-,26-,28?,30?,31?/m1/s1. The molecule has 5 atom stereocenters. The van der Waals surface area contributed by atoms with Gasteiger partial charge in [-0.15, -0.1) is 0 Å². The summed E-state index contributed by atoms with van der Waals surface area (Å²) in [5.74, 6) is 1.19. The van der Waals surface area contributed by atoms with Gasteiger partial charge >= 0.3 is 0 Å². The minimum Gasteiger partial charge on any atom is -0.493 e. The summed E-state index contributed by atoms with van der Waals surface area (Å²) in [5, 5.41) is 14.4. The highest BCUT2D eigenvalue weighted by Crippen LogP contribution is 2.49. The molecule has 8 nitrogen and oxygen atoms in total. The highest BCUT2D eigenvalue weighted by Gasteiger charge is 2.49.